The van der Waals surface area contributed by atoms with E-state index in [2.05, 4.69) is 19.9 Å². The number of hydrogen-bond donors (Lipinski definition) is 0. The van der Waals surface area contributed by atoms with Crippen molar-refractivity contribution < 1.29 is 13.9 Å². The minimum absolute atomic E-state index is 0.107. The molecule has 4 aromatic rings. The van der Waals surface area contributed by atoms with Gasteiger partial charge in [-0.3, -0.25) is 29.5 Å². The molecule has 0 aliphatic carbocycles. The first-order valence-corrected chi connectivity index (χ1v) is 12.9. The van der Waals surface area contributed by atoms with Gasteiger partial charge in [-0.25, -0.2) is 9.38 Å². The van der Waals surface area contributed by atoms with Crippen molar-refractivity contribution in [2.75, 3.05) is 7.05 Å². The molecule has 1 amide bonds. The maximum Gasteiger partial charge on any atom is 0.277 e. The number of halogens is 1. The minimum atomic E-state index is -0.526. The van der Waals surface area contributed by atoms with E-state index in [9.17, 15) is 9.18 Å². The van der Waals surface area contributed by atoms with Crippen LogP contribution >= 0.6 is 0 Å². The van der Waals surface area contributed by atoms with Gasteiger partial charge in [0, 0.05) is 39.1 Å². The van der Waals surface area contributed by atoms with Crippen LogP contribution in [0, 0.1) is 5.82 Å². The molecule has 0 radical (unpaired) electrons. The van der Waals surface area contributed by atoms with Crippen molar-refractivity contribution in [3.8, 4) is 5.75 Å². The predicted molar refractivity (Wildman–Crippen MR) is 150 cm³/mol. The van der Waals surface area contributed by atoms with E-state index in [1.165, 1.54) is 11.0 Å². The van der Waals surface area contributed by atoms with Crippen LogP contribution in [-0.2, 0) is 31.0 Å². The summed E-state index contributed by atoms with van der Waals surface area (Å²) in [6.45, 7) is 3.71. The number of nitrogens with zero attached hydrogens (tertiary/aromatic N) is 6. The number of carbonyl (C=O) groups is 1. The number of aliphatic imine (C=N–C) groups is 1. The van der Waals surface area contributed by atoms with Crippen LogP contribution < -0.4 is 4.74 Å². The third-order valence-corrected chi connectivity index (χ3v) is 6.40. The van der Waals surface area contributed by atoms with Gasteiger partial charge in [-0.15, -0.1) is 0 Å². The number of amidine groups is 1. The van der Waals surface area contributed by atoms with Crippen LogP contribution in [0.15, 0.2) is 95.9 Å². The lowest BCUT2D eigenvalue weighted by molar-refractivity contribution is -0.121. The zero-order valence-electron chi connectivity index (χ0n) is 22.4. The molecule has 0 atom stereocenters. The predicted octanol–water partition coefficient (Wildman–Crippen LogP) is 5.02. The Balaban J connectivity index is 1.25. The molecule has 0 bridgehead atoms. The number of hydrogen-bond acceptors (Lipinski definition) is 7. The fourth-order valence-corrected chi connectivity index (χ4v) is 4.28. The molecule has 0 saturated heterocycles. The van der Waals surface area contributed by atoms with Crippen molar-refractivity contribution in [1.82, 2.24) is 24.8 Å². The van der Waals surface area contributed by atoms with E-state index in [0.717, 1.165) is 17.1 Å². The molecule has 0 saturated carbocycles. The zero-order valence-corrected chi connectivity index (χ0v) is 22.4. The van der Waals surface area contributed by atoms with Crippen molar-refractivity contribution in [1.29, 1.82) is 0 Å². The molecule has 1 aromatic carbocycles. The summed E-state index contributed by atoms with van der Waals surface area (Å²) in [5.74, 6) is -0.0384. The second-order valence-corrected chi connectivity index (χ2v) is 9.44. The molecular formula is C31H29FN6O2. The Kier molecular flexibility index (Phi) is 8.32. The molecule has 0 fully saturated rings. The third kappa shape index (κ3) is 6.81. The maximum atomic E-state index is 14.8. The lowest BCUT2D eigenvalue weighted by atomic mass is 10.1. The molecule has 1 aliphatic heterocycles. The maximum absolute atomic E-state index is 14.8. The van der Waals surface area contributed by atoms with Crippen molar-refractivity contribution in [3.05, 3.63) is 125 Å². The third-order valence-electron chi connectivity index (χ3n) is 6.40. The fourth-order valence-electron chi connectivity index (χ4n) is 4.28. The van der Waals surface area contributed by atoms with Gasteiger partial charge >= 0.3 is 0 Å². The SMILES string of the molecule is CC1=N/C(=C\c2ccc(OCc3cccc(CN(Cc4ccccn4)Cc4ccccn4)n3)c(F)c2)C(=O)N1C. The normalized spacial score (nSPS) is 14.2. The molecule has 202 valence electrons. The molecule has 8 nitrogen and oxygen atoms in total. The van der Waals surface area contributed by atoms with Gasteiger partial charge in [-0.05, 0) is 67.1 Å². The van der Waals surface area contributed by atoms with Crippen LogP contribution in [0.3, 0.4) is 0 Å². The van der Waals surface area contributed by atoms with Crippen molar-refractivity contribution in [2.45, 2.75) is 33.2 Å². The van der Waals surface area contributed by atoms with Gasteiger partial charge in [-0.1, -0.05) is 24.3 Å². The number of likely N-dealkylation sites (N-methyl/N-ethyl adjacent to an activating group) is 1. The highest BCUT2D eigenvalue weighted by Crippen LogP contribution is 2.23. The van der Waals surface area contributed by atoms with Gasteiger partial charge in [0.25, 0.3) is 5.91 Å². The second-order valence-electron chi connectivity index (χ2n) is 9.44. The molecule has 0 spiro atoms. The van der Waals surface area contributed by atoms with Crippen LogP contribution in [0.5, 0.6) is 5.75 Å². The van der Waals surface area contributed by atoms with Gasteiger partial charge in [0.15, 0.2) is 11.6 Å². The Morgan fingerprint density at radius 1 is 0.875 bits per heavy atom. The average molecular weight is 537 g/mol. The number of aromatic nitrogens is 3. The molecule has 3 aromatic heterocycles. The Morgan fingerprint density at radius 2 is 1.52 bits per heavy atom. The smallest absolute Gasteiger partial charge is 0.277 e. The van der Waals surface area contributed by atoms with E-state index < -0.39 is 5.82 Å². The first-order chi connectivity index (χ1) is 19.4. The zero-order chi connectivity index (χ0) is 27.9. The highest BCUT2D eigenvalue weighted by Gasteiger charge is 2.23. The van der Waals surface area contributed by atoms with E-state index >= 15 is 0 Å². The molecule has 9 heteroatoms. The fraction of sp³-hybridized carbons (Fsp3) is 0.194. The van der Waals surface area contributed by atoms with Crippen LogP contribution in [0.4, 0.5) is 4.39 Å². The number of pyridine rings is 3. The molecule has 0 N–H and O–H groups in total. The van der Waals surface area contributed by atoms with E-state index in [4.69, 9.17) is 9.72 Å². The second kappa shape index (κ2) is 12.4. The Labute approximate surface area is 232 Å². The van der Waals surface area contributed by atoms with Gasteiger partial charge in [0.1, 0.15) is 18.1 Å². The molecule has 1 aliphatic rings. The Morgan fingerprint density at radius 3 is 2.12 bits per heavy atom. The monoisotopic (exact) mass is 536 g/mol. The number of rotatable bonds is 10. The standard InChI is InChI=1S/C31H29FN6O2/c1-22-35-29(31(39)37(22)2)17-23-12-13-30(28(32)16-23)40-21-27-11-7-10-26(36-27)20-38(18-24-8-3-5-14-33-24)19-25-9-4-6-15-34-25/h3-17H,18-21H2,1-2H3/b29-17-. The summed E-state index contributed by atoms with van der Waals surface area (Å²) in [4.78, 5) is 33.8. The summed E-state index contributed by atoms with van der Waals surface area (Å²) >= 11 is 0. The van der Waals surface area contributed by atoms with Gasteiger partial charge in [0.05, 0.1) is 22.8 Å². The van der Waals surface area contributed by atoms with Crippen molar-refractivity contribution in [2.24, 2.45) is 4.99 Å². The number of carbonyl (C=O) groups excluding carboxylic acids is 1. The summed E-state index contributed by atoms with van der Waals surface area (Å²) in [6, 6.07) is 22.0. The van der Waals surface area contributed by atoms with Crippen LogP contribution in [0.1, 0.15) is 35.3 Å². The van der Waals surface area contributed by atoms with Crippen molar-refractivity contribution >= 4 is 17.8 Å². The van der Waals surface area contributed by atoms with E-state index in [0.29, 0.717) is 36.7 Å². The van der Waals surface area contributed by atoms with Crippen LogP contribution in [-0.4, -0.2) is 43.5 Å². The summed E-state index contributed by atoms with van der Waals surface area (Å²) < 4.78 is 20.6. The van der Waals surface area contributed by atoms with Crippen LogP contribution in [0.2, 0.25) is 0 Å². The summed E-state index contributed by atoms with van der Waals surface area (Å²) in [7, 11) is 1.65. The summed E-state index contributed by atoms with van der Waals surface area (Å²) in [5, 5.41) is 0. The summed E-state index contributed by atoms with van der Waals surface area (Å²) in [6.07, 6.45) is 5.14. The van der Waals surface area contributed by atoms with E-state index in [1.807, 2.05) is 54.6 Å². The molecular weight excluding hydrogens is 507 g/mol. The lowest BCUT2D eigenvalue weighted by Crippen LogP contribution is -2.25. The molecule has 0 unspecified atom stereocenters. The van der Waals surface area contributed by atoms with Gasteiger partial charge in [0.2, 0.25) is 0 Å². The largest absolute Gasteiger partial charge is 0.484 e. The first-order valence-electron chi connectivity index (χ1n) is 12.9. The number of amides is 1. The molecule has 4 heterocycles. The Bertz CT molecular complexity index is 1500. The van der Waals surface area contributed by atoms with Crippen molar-refractivity contribution in [3.63, 3.8) is 0 Å². The van der Waals surface area contributed by atoms with Crippen LogP contribution in [0.25, 0.3) is 6.08 Å². The quantitative estimate of drug-likeness (QED) is 0.265. The van der Waals surface area contributed by atoms with Gasteiger partial charge in [-0.2, -0.15) is 0 Å². The first kappa shape index (κ1) is 26.8. The summed E-state index contributed by atoms with van der Waals surface area (Å²) in [5.41, 5.74) is 4.26. The number of ether oxygens (including phenoxy) is 1. The highest BCUT2D eigenvalue weighted by molar-refractivity contribution is 6.13. The van der Waals surface area contributed by atoms with E-state index in [1.54, 1.807) is 44.6 Å². The lowest BCUT2D eigenvalue weighted by Gasteiger charge is -2.21. The van der Waals surface area contributed by atoms with E-state index in [-0.39, 0.29) is 24.0 Å². The highest BCUT2D eigenvalue weighted by atomic mass is 19.1. The minimum Gasteiger partial charge on any atom is -0.484 e. The van der Waals surface area contributed by atoms with Gasteiger partial charge < -0.3 is 4.74 Å². The molecule has 40 heavy (non-hydrogen) atoms. The average Bonchev–Trinajstić information content (AvgIpc) is 3.20. The number of benzene rings is 1. The topological polar surface area (TPSA) is 83.8 Å². The Hall–Kier alpha value is -4.76. The molecule has 5 rings (SSSR count).